The van der Waals surface area contributed by atoms with Gasteiger partial charge >= 0.3 is 0 Å². The normalized spacial score (nSPS) is 22.7. The van der Waals surface area contributed by atoms with Crippen molar-refractivity contribution in [2.45, 2.75) is 25.0 Å². The van der Waals surface area contributed by atoms with Crippen LogP contribution in [0.3, 0.4) is 0 Å². The van der Waals surface area contributed by atoms with Crippen LogP contribution in [0, 0.1) is 0 Å². The van der Waals surface area contributed by atoms with Crippen LogP contribution in [0.15, 0.2) is 18.3 Å². The van der Waals surface area contributed by atoms with Crippen molar-refractivity contribution in [2.75, 3.05) is 13.7 Å². The second kappa shape index (κ2) is 4.59. The van der Waals surface area contributed by atoms with Gasteiger partial charge in [-0.1, -0.05) is 0 Å². The van der Waals surface area contributed by atoms with E-state index in [-0.39, 0.29) is 6.10 Å². The molecule has 4 heteroatoms. The lowest BCUT2D eigenvalue weighted by atomic mass is 10.1. The number of nitrogens with zero attached hydrogens (tertiary/aromatic N) is 1. The van der Waals surface area contributed by atoms with Crippen LogP contribution in [-0.4, -0.2) is 29.9 Å². The minimum atomic E-state index is -0.691. The van der Waals surface area contributed by atoms with Crippen molar-refractivity contribution in [2.24, 2.45) is 0 Å². The topological polar surface area (TPSA) is 51.6 Å². The highest BCUT2D eigenvalue weighted by Gasteiger charge is 2.28. The lowest BCUT2D eigenvalue weighted by Gasteiger charge is -2.18. The Labute approximate surface area is 88.9 Å². The predicted molar refractivity (Wildman–Crippen MR) is 54.7 cm³/mol. The molecule has 0 aromatic carbocycles. The van der Waals surface area contributed by atoms with Crippen LogP contribution >= 0.6 is 0 Å². The Hall–Kier alpha value is -1.13. The number of aliphatic hydroxyl groups is 1. The lowest BCUT2D eigenvalue weighted by molar-refractivity contribution is -0.00584. The van der Waals surface area contributed by atoms with E-state index in [1.54, 1.807) is 25.4 Å². The Morgan fingerprint density at radius 3 is 3.20 bits per heavy atom. The largest absolute Gasteiger partial charge is 0.495 e. The van der Waals surface area contributed by atoms with Gasteiger partial charge in [0.15, 0.2) is 0 Å². The Morgan fingerprint density at radius 1 is 1.67 bits per heavy atom. The zero-order valence-corrected chi connectivity index (χ0v) is 8.72. The molecule has 0 bridgehead atoms. The molecule has 15 heavy (non-hydrogen) atoms. The molecule has 4 nitrogen and oxygen atoms in total. The number of hydrogen-bond donors (Lipinski definition) is 1. The van der Waals surface area contributed by atoms with Crippen molar-refractivity contribution in [1.29, 1.82) is 0 Å². The molecule has 1 aromatic rings. The summed E-state index contributed by atoms with van der Waals surface area (Å²) in [6.07, 6.45) is 2.69. The number of ether oxygens (including phenoxy) is 2. The molecule has 1 aliphatic rings. The Bertz CT molecular complexity index is 323. The number of methoxy groups -OCH3 is 1. The third-order valence-electron chi connectivity index (χ3n) is 2.62. The summed E-state index contributed by atoms with van der Waals surface area (Å²) in [5.74, 6) is 0.612. The van der Waals surface area contributed by atoms with E-state index in [2.05, 4.69) is 4.98 Å². The zero-order valence-electron chi connectivity index (χ0n) is 8.72. The maximum Gasteiger partial charge on any atom is 0.143 e. The molecule has 0 saturated carbocycles. The molecule has 0 radical (unpaired) electrons. The average molecular weight is 209 g/mol. The Kier molecular flexibility index (Phi) is 3.18. The summed E-state index contributed by atoms with van der Waals surface area (Å²) in [7, 11) is 1.57. The minimum Gasteiger partial charge on any atom is -0.495 e. The van der Waals surface area contributed by atoms with E-state index in [0.29, 0.717) is 11.4 Å². The number of hydrogen-bond acceptors (Lipinski definition) is 4. The van der Waals surface area contributed by atoms with Gasteiger partial charge in [0.25, 0.3) is 0 Å². The molecular formula is C11H15NO3. The fraction of sp³-hybridized carbons (Fsp3) is 0.545. The highest BCUT2D eigenvalue weighted by Crippen LogP contribution is 2.30. The summed E-state index contributed by atoms with van der Waals surface area (Å²) in [6, 6.07) is 3.57. The van der Waals surface area contributed by atoms with Crippen molar-refractivity contribution in [3.8, 4) is 5.75 Å². The van der Waals surface area contributed by atoms with Crippen LogP contribution in [0.4, 0.5) is 0 Å². The Morgan fingerprint density at radius 2 is 2.53 bits per heavy atom. The summed E-state index contributed by atoms with van der Waals surface area (Å²) in [5, 5.41) is 10.1. The molecule has 1 fully saturated rings. The maximum atomic E-state index is 10.1. The molecular weight excluding hydrogens is 194 g/mol. The van der Waals surface area contributed by atoms with Gasteiger partial charge in [-0.2, -0.15) is 0 Å². The van der Waals surface area contributed by atoms with Crippen molar-refractivity contribution in [3.05, 3.63) is 24.0 Å². The van der Waals surface area contributed by atoms with E-state index in [9.17, 15) is 5.11 Å². The molecule has 0 amide bonds. The first kappa shape index (κ1) is 10.4. The molecule has 2 unspecified atom stereocenters. The second-order valence-electron chi connectivity index (χ2n) is 3.59. The van der Waals surface area contributed by atoms with Crippen LogP contribution in [0.25, 0.3) is 0 Å². The second-order valence-corrected chi connectivity index (χ2v) is 3.59. The number of aromatic nitrogens is 1. The van der Waals surface area contributed by atoms with Gasteiger partial charge in [0.05, 0.1) is 13.2 Å². The summed E-state index contributed by atoms with van der Waals surface area (Å²) >= 11 is 0. The number of rotatable bonds is 3. The monoisotopic (exact) mass is 209 g/mol. The van der Waals surface area contributed by atoms with Gasteiger partial charge < -0.3 is 14.6 Å². The van der Waals surface area contributed by atoms with Crippen LogP contribution in [0.2, 0.25) is 0 Å². The zero-order chi connectivity index (χ0) is 10.7. The van der Waals surface area contributed by atoms with E-state index >= 15 is 0 Å². The first-order valence-electron chi connectivity index (χ1n) is 5.11. The molecule has 1 saturated heterocycles. The summed E-state index contributed by atoms with van der Waals surface area (Å²) in [4.78, 5) is 4.14. The molecule has 82 valence electrons. The number of pyridine rings is 1. The van der Waals surface area contributed by atoms with Gasteiger partial charge in [-0.15, -0.1) is 0 Å². The Balaban J connectivity index is 2.19. The van der Waals surface area contributed by atoms with Gasteiger partial charge in [-0.3, -0.25) is 4.98 Å². The van der Waals surface area contributed by atoms with Crippen molar-refractivity contribution in [3.63, 3.8) is 0 Å². The fourth-order valence-electron chi connectivity index (χ4n) is 1.83. The van der Waals surface area contributed by atoms with Gasteiger partial charge in [0, 0.05) is 12.8 Å². The van der Waals surface area contributed by atoms with Crippen molar-refractivity contribution in [1.82, 2.24) is 4.98 Å². The van der Waals surface area contributed by atoms with E-state index in [1.807, 2.05) is 0 Å². The first-order valence-corrected chi connectivity index (χ1v) is 5.11. The lowest BCUT2D eigenvalue weighted by Crippen LogP contribution is -2.18. The SMILES string of the molecule is COc1cccnc1C(O)C1CCCO1. The van der Waals surface area contributed by atoms with Gasteiger partial charge in [0.1, 0.15) is 17.5 Å². The highest BCUT2D eigenvalue weighted by molar-refractivity contribution is 5.29. The van der Waals surface area contributed by atoms with E-state index in [0.717, 1.165) is 19.4 Å². The maximum absolute atomic E-state index is 10.1. The molecule has 1 N–H and O–H groups in total. The van der Waals surface area contributed by atoms with Crippen molar-refractivity contribution < 1.29 is 14.6 Å². The van der Waals surface area contributed by atoms with Gasteiger partial charge in [-0.25, -0.2) is 0 Å². The van der Waals surface area contributed by atoms with Gasteiger partial charge in [0.2, 0.25) is 0 Å². The molecule has 0 aliphatic carbocycles. The quantitative estimate of drug-likeness (QED) is 0.815. The standard InChI is InChI=1S/C11H15NO3/c1-14-8-4-2-6-12-10(8)11(13)9-5-3-7-15-9/h2,4,6,9,11,13H,3,5,7H2,1H3. The van der Waals surface area contributed by atoms with Crippen LogP contribution in [0.1, 0.15) is 24.6 Å². The van der Waals surface area contributed by atoms with Crippen LogP contribution < -0.4 is 4.74 Å². The fourth-order valence-corrected chi connectivity index (χ4v) is 1.83. The van der Waals surface area contributed by atoms with Gasteiger partial charge in [-0.05, 0) is 25.0 Å². The molecule has 1 aromatic heterocycles. The van der Waals surface area contributed by atoms with Crippen LogP contribution in [-0.2, 0) is 4.74 Å². The summed E-state index contributed by atoms with van der Waals surface area (Å²) in [5.41, 5.74) is 0.562. The third kappa shape index (κ3) is 2.11. The smallest absolute Gasteiger partial charge is 0.143 e. The van der Waals surface area contributed by atoms with E-state index in [1.165, 1.54) is 0 Å². The van der Waals surface area contributed by atoms with E-state index in [4.69, 9.17) is 9.47 Å². The first-order chi connectivity index (χ1) is 7.33. The molecule has 2 heterocycles. The summed E-state index contributed by atoms with van der Waals surface area (Å²) in [6.45, 7) is 0.719. The van der Waals surface area contributed by atoms with Crippen molar-refractivity contribution >= 4 is 0 Å². The molecule has 0 spiro atoms. The molecule has 1 aliphatic heterocycles. The highest BCUT2D eigenvalue weighted by atomic mass is 16.5. The van der Waals surface area contributed by atoms with E-state index < -0.39 is 6.10 Å². The molecule has 2 atom stereocenters. The minimum absolute atomic E-state index is 0.145. The third-order valence-corrected chi connectivity index (χ3v) is 2.62. The molecule has 2 rings (SSSR count). The predicted octanol–water partition coefficient (Wildman–Crippen LogP) is 1.30. The number of aliphatic hydroxyl groups excluding tert-OH is 1. The van der Waals surface area contributed by atoms with Crippen LogP contribution in [0.5, 0.6) is 5.75 Å². The average Bonchev–Trinajstić information content (AvgIpc) is 2.81. The summed E-state index contributed by atoms with van der Waals surface area (Å²) < 4.78 is 10.6.